The Morgan fingerprint density at radius 3 is 2.88 bits per heavy atom. The fourth-order valence-corrected chi connectivity index (χ4v) is 3.49. The van der Waals surface area contributed by atoms with Crippen molar-refractivity contribution < 1.29 is 14.3 Å². The quantitative estimate of drug-likeness (QED) is 0.753. The lowest BCUT2D eigenvalue weighted by Crippen LogP contribution is -2.50. The van der Waals surface area contributed by atoms with Crippen molar-refractivity contribution in [1.29, 1.82) is 0 Å². The lowest BCUT2D eigenvalue weighted by atomic mass is 10.1. The summed E-state index contributed by atoms with van der Waals surface area (Å²) in [6.07, 6.45) is 6.78. The second-order valence-corrected chi connectivity index (χ2v) is 7.07. The van der Waals surface area contributed by atoms with Gasteiger partial charge in [-0.3, -0.25) is 9.59 Å². The molecule has 26 heavy (non-hydrogen) atoms. The molecule has 0 saturated carbocycles. The zero-order chi connectivity index (χ0) is 18.5. The van der Waals surface area contributed by atoms with Crippen LogP contribution in [0.2, 0.25) is 0 Å². The molecule has 0 aromatic carbocycles. The first kappa shape index (κ1) is 18.8. The summed E-state index contributed by atoms with van der Waals surface area (Å²) in [7, 11) is 3.52. The molecule has 1 amide bonds. The van der Waals surface area contributed by atoms with Gasteiger partial charge in [-0.25, -0.2) is 4.98 Å². The van der Waals surface area contributed by atoms with E-state index in [1.54, 1.807) is 24.3 Å². The van der Waals surface area contributed by atoms with Crippen LogP contribution >= 0.6 is 0 Å². The number of likely N-dealkylation sites (N-methyl/N-ethyl adjacent to an activating group) is 1. The lowest BCUT2D eigenvalue weighted by Gasteiger charge is -2.36. The molecular weight excluding hydrogens is 336 g/mol. The number of carbonyl (C=O) groups excluding carboxylic acids is 1. The summed E-state index contributed by atoms with van der Waals surface area (Å²) in [5.41, 5.74) is -0.145. The van der Waals surface area contributed by atoms with Crippen LogP contribution < -0.4 is 10.5 Å². The van der Waals surface area contributed by atoms with Gasteiger partial charge in [0, 0.05) is 52.7 Å². The molecule has 2 atom stereocenters. The highest BCUT2D eigenvalue weighted by Crippen LogP contribution is 2.18. The molecule has 0 aliphatic carbocycles. The summed E-state index contributed by atoms with van der Waals surface area (Å²) < 4.78 is 13.0. The van der Waals surface area contributed by atoms with Crippen LogP contribution in [0.25, 0.3) is 0 Å². The molecule has 2 saturated heterocycles. The minimum absolute atomic E-state index is 0.0526. The van der Waals surface area contributed by atoms with Gasteiger partial charge in [0.2, 0.25) is 5.91 Å². The fourth-order valence-electron chi connectivity index (χ4n) is 3.49. The summed E-state index contributed by atoms with van der Waals surface area (Å²) in [5.74, 6) is 0.513. The third kappa shape index (κ3) is 4.62. The van der Waals surface area contributed by atoms with Crippen molar-refractivity contribution in [3.8, 4) is 0 Å². The number of morpholine rings is 1. The number of amides is 1. The number of carbonyl (C=O) groups is 1. The summed E-state index contributed by atoms with van der Waals surface area (Å²) in [5, 5.41) is 0. The van der Waals surface area contributed by atoms with Crippen LogP contribution in [0.15, 0.2) is 17.2 Å². The highest BCUT2D eigenvalue weighted by atomic mass is 16.5. The van der Waals surface area contributed by atoms with Gasteiger partial charge in [-0.2, -0.15) is 0 Å². The Labute approximate surface area is 153 Å². The van der Waals surface area contributed by atoms with Crippen molar-refractivity contribution in [3.05, 3.63) is 22.7 Å². The van der Waals surface area contributed by atoms with Gasteiger partial charge < -0.3 is 23.8 Å². The molecule has 8 nitrogen and oxygen atoms in total. The monoisotopic (exact) mass is 364 g/mol. The summed E-state index contributed by atoms with van der Waals surface area (Å²) >= 11 is 0. The first-order valence-corrected chi connectivity index (χ1v) is 9.28. The van der Waals surface area contributed by atoms with Crippen LogP contribution in [-0.2, 0) is 21.3 Å². The average molecular weight is 364 g/mol. The first-order chi connectivity index (χ1) is 12.5. The van der Waals surface area contributed by atoms with E-state index in [1.165, 1.54) is 4.57 Å². The van der Waals surface area contributed by atoms with Crippen LogP contribution in [0.1, 0.15) is 25.7 Å². The second kappa shape index (κ2) is 8.64. The van der Waals surface area contributed by atoms with Gasteiger partial charge in [0.1, 0.15) is 0 Å². The summed E-state index contributed by atoms with van der Waals surface area (Å²) in [6.45, 7) is 2.92. The van der Waals surface area contributed by atoms with E-state index in [2.05, 4.69) is 4.98 Å². The van der Waals surface area contributed by atoms with Crippen molar-refractivity contribution in [1.82, 2.24) is 14.5 Å². The fraction of sp³-hybridized carbons (Fsp3) is 0.722. The topological polar surface area (TPSA) is 76.9 Å². The number of hydrogen-bond donors (Lipinski definition) is 0. The predicted octanol–water partition coefficient (Wildman–Crippen LogP) is 0.403. The van der Waals surface area contributed by atoms with E-state index in [9.17, 15) is 9.59 Å². The van der Waals surface area contributed by atoms with E-state index >= 15 is 0 Å². The number of rotatable bonds is 5. The molecule has 0 unspecified atom stereocenters. The molecule has 2 aliphatic heterocycles. The third-order valence-electron chi connectivity index (χ3n) is 5.01. The number of hydrogen-bond acceptors (Lipinski definition) is 6. The Balaban J connectivity index is 1.55. The van der Waals surface area contributed by atoms with E-state index in [-0.39, 0.29) is 23.7 Å². The van der Waals surface area contributed by atoms with Crippen LogP contribution in [0.3, 0.4) is 0 Å². The first-order valence-electron chi connectivity index (χ1n) is 9.28. The van der Waals surface area contributed by atoms with Crippen molar-refractivity contribution in [2.75, 3.05) is 44.8 Å². The Morgan fingerprint density at radius 2 is 2.12 bits per heavy atom. The van der Waals surface area contributed by atoms with Gasteiger partial charge in [-0.1, -0.05) is 0 Å². The minimum atomic E-state index is -0.145. The number of ether oxygens (including phenoxy) is 2. The predicted molar refractivity (Wildman–Crippen MR) is 97.3 cm³/mol. The van der Waals surface area contributed by atoms with Gasteiger partial charge in [-0.05, 0) is 19.3 Å². The lowest BCUT2D eigenvalue weighted by molar-refractivity contribution is -0.142. The zero-order valence-corrected chi connectivity index (χ0v) is 15.6. The average Bonchev–Trinajstić information content (AvgIpc) is 2.65. The van der Waals surface area contributed by atoms with Crippen LogP contribution in [0.4, 0.5) is 5.82 Å². The van der Waals surface area contributed by atoms with Crippen molar-refractivity contribution in [2.45, 2.75) is 37.9 Å². The van der Waals surface area contributed by atoms with Gasteiger partial charge in [-0.15, -0.1) is 0 Å². The van der Waals surface area contributed by atoms with Crippen LogP contribution in [0.5, 0.6) is 0 Å². The zero-order valence-electron chi connectivity index (χ0n) is 15.6. The minimum Gasteiger partial charge on any atom is -0.378 e. The Hall–Kier alpha value is -1.93. The van der Waals surface area contributed by atoms with Crippen molar-refractivity contribution in [3.63, 3.8) is 0 Å². The van der Waals surface area contributed by atoms with Crippen molar-refractivity contribution >= 4 is 11.7 Å². The molecule has 0 bridgehead atoms. The van der Waals surface area contributed by atoms with Gasteiger partial charge in [0.05, 0.1) is 25.2 Å². The van der Waals surface area contributed by atoms with Gasteiger partial charge >= 0.3 is 0 Å². The van der Waals surface area contributed by atoms with E-state index < -0.39 is 0 Å². The number of anilines is 1. The van der Waals surface area contributed by atoms with Gasteiger partial charge in [0.15, 0.2) is 5.82 Å². The highest BCUT2D eigenvalue weighted by molar-refractivity contribution is 5.76. The molecule has 144 valence electrons. The Morgan fingerprint density at radius 1 is 1.31 bits per heavy atom. The summed E-state index contributed by atoms with van der Waals surface area (Å²) in [6, 6.07) is 0. The Bertz CT molecular complexity index is 671. The second-order valence-electron chi connectivity index (χ2n) is 7.07. The van der Waals surface area contributed by atoms with Crippen LogP contribution in [0, 0.1) is 0 Å². The molecule has 2 fully saturated rings. The number of aromatic nitrogens is 2. The number of nitrogens with zero attached hydrogens (tertiary/aromatic N) is 4. The maximum atomic E-state index is 12.6. The molecule has 1 aromatic heterocycles. The van der Waals surface area contributed by atoms with E-state index in [0.717, 1.165) is 25.9 Å². The largest absolute Gasteiger partial charge is 0.378 e. The molecule has 0 N–H and O–H groups in total. The SMILES string of the molecule is CN(C[C@@H]1CN(C(=O)C[C@H]2CCCCO2)CCO1)c1nccn(C)c1=O. The normalized spacial score (nSPS) is 23.7. The molecule has 8 heteroatoms. The van der Waals surface area contributed by atoms with Gasteiger partial charge in [0.25, 0.3) is 5.56 Å². The Kier molecular flexibility index (Phi) is 6.26. The molecule has 1 aromatic rings. The number of aryl methyl sites for hydroxylation is 1. The highest BCUT2D eigenvalue weighted by Gasteiger charge is 2.28. The molecule has 3 heterocycles. The third-order valence-corrected chi connectivity index (χ3v) is 5.01. The van der Waals surface area contributed by atoms with Crippen molar-refractivity contribution in [2.24, 2.45) is 7.05 Å². The van der Waals surface area contributed by atoms with E-state index in [0.29, 0.717) is 38.5 Å². The maximum absolute atomic E-state index is 12.6. The molecular formula is C18H28N4O4. The standard InChI is InChI=1S/C18H28N4O4/c1-20-7-6-19-17(18(20)24)21(2)12-15-13-22(8-10-26-15)16(23)11-14-5-3-4-9-25-14/h6-7,14-15H,3-5,8-13H2,1-2H3/t14-,15-/m1/s1. The van der Waals surface area contributed by atoms with E-state index in [4.69, 9.17) is 9.47 Å². The molecule has 3 rings (SSSR count). The smallest absolute Gasteiger partial charge is 0.293 e. The van der Waals surface area contributed by atoms with Crippen LogP contribution in [-0.4, -0.2) is 72.5 Å². The molecule has 2 aliphatic rings. The summed E-state index contributed by atoms with van der Waals surface area (Å²) in [4.78, 5) is 32.6. The van der Waals surface area contributed by atoms with E-state index in [1.807, 2.05) is 11.9 Å². The maximum Gasteiger partial charge on any atom is 0.293 e. The molecule has 0 radical (unpaired) electrons. The molecule has 0 spiro atoms.